The van der Waals surface area contributed by atoms with Crippen molar-refractivity contribution in [2.24, 2.45) is 0 Å². The van der Waals surface area contributed by atoms with Crippen molar-refractivity contribution in [2.45, 2.75) is 25.4 Å². The Bertz CT molecular complexity index is 1100. The zero-order valence-corrected chi connectivity index (χ0v) is 16.1. The lowest BCUT2D eigenvalue weighted by Gasteiger charge is -2.06. The van der Waals surface area contributed by atoms with Crippen LogP contribution in [0.5, 0.6) is 0 Å². The Labute approximate surface area is 168 Å². The molecule has 10 heteroatoms. The second-order valence-electron chi connectivity index (χ2n) is 6.34. The summed E-state index contributed by atoms with van der Waals surface area (Å²) in [5.74, 6) is -0.618. The van der Waals surface area contributed by atoms with Crippen molar-refractivity contribution in [2.75, 3.05) is 6.54 Å². The SMILES string of the molecule is O=C(CNC(=O)c1ccc(Cl)cc1)OCc1cc(=O)n2nc(C3CC3)sc2n1. The van der Waals surface area contributed by atoms with Crippen LogP contribution in [0.4, 0.5) is 0 Å². The van der Waals surface area contributed by atoms with Gasteiger partial charge in [-0.2, -0.15) is 9.61 Å². The van der Waals surface area contributed by atoms with Gasteiger partial charge in [0.1, 0.15) is 18.2 Å². The number of halogens is 1. The molecule has 1 aliphatic carbocycles. The summed E-state index contributed by atoms with van der Waals surface area (Å²) in [5.41, 5.74) is 0.414. The van der Waals surface area contributed by atoms with Crippen molar-refractivity contribution in [1.82, 2.24) is 19.9 Å². The molecule has 0 saturated heterocycles. The van der Waals surface area contributed by atoms with E-state index in [-0.39, 0.29) is 18.7 Å². The molecule has 8 nitrogen and oxygen atoms in total. The molecule has 4 rings (SSSR count). The van der Waals surface area contributed by atoms with Crippen LogP contribution in [0.2, 0.25) is 5.02 Å². The van der Waals surface area contributed by atoms with E-state index in [2.05, 4.69) is 15.4 Å². The van der Waals surface area contributed by atoms with Crippen LogP contribution >= 0.6 is 22.9 Å². The first kappa shape index (κ1) is 18.6. The number of hydrogen-bond acceptors (Lipinski definition) is 7. The Morgan fingerprint density at radius 1 is 1.29 bits per heavy atom. The van der Waals surface area contributed by atoms with Crippen LogP contribution in [-0.2, 0) is 16.1 Å². The van der Waals surface area contributed by atoms with Crippen LogP contribution in [-0.4, -0.2) is 33.0 Å². The fraction of sp³-hybridized carbons (Fsp3) is 0.278. The molecule has 144 valence electrons. The number of amides is 1. The van der Waals surface area contributed by atoms with E-state index in [1.165, 1.54) is 21.9 Å². The fourth-order valence-electron chi connectivity index (χ4n) is 2.50. The van der Waals surface area contributed by atoms with E-state index in [4.69, 9.17) is 16.3 Å². The summed E-state index contributed by atoms with van der Waals surface area (Å²) in [6, 6.07) is 7.58. The van der Waals surface area contributed by atoms with Crippen LogP contribution in [0, 0.1) is 0 Å². The van der Waals surface area contributed by atoms with Gasteiger partial charge in [-0.05, 0) is 37.1 Å². The Morgan fingerprint density at radius 3 is 2.75 bits per heavy atom. The van der Waals surface area contributed by atoms with Crippen molar-refractivity contribution in [3.63, 3.8) is 0 Å². The number of carbonyl (C=O) groups excluding carboxylic acids is 2. The summed E-state index contributed by atoms with van der Waals surface area (Å²) in [6.07, 6.45) is 2.17. The smallest absolute Gasteiger partial charge is 0.325 e. The molecule has 2 heterocycles. The predicted octanol–water partition coefficient (Wildman–Crippen LogP) is 2.16. The van der Waals surface area contributed by atoms with E-state index in [0.717, 1.165) is 17.8 Å². The van der Waals surface area contributed by atoms with Gasteiger partial charge in [0, 0.05) is 22.6 Å². The van der Waals surface area contributed by atoms with Gasteiger partial charge in [-0.15, -0.1) is 0 Å². The third kappa shape index (κ3) is 4.20. The van der Waals surface area contributed by atoms with Crippen molar-refractivity contribution in [3.8, 4) is 0 Å². The van der Waals surface area contributed by atoms with Crippen LogP contribution in [0.15, 0.2) is 35.1 Å². The highest BCUT2D eigenvalue weighted by molar-refractivity contribution is 7.16. The number of ether oxygens (including phenoxy) is 1. The predicted molar refractivity (Wildman–Crippen MR) is 103 cm³/mol. The molecule has 1 aromatic carbocycles. The molecular formula is C18H15ClN4O4S. The first-order chi connectivity index (χ1) is 13.5. The van der Waals surface area contributed by atoms with Crippen molar-refractivity contribution in [3.05, 3.63) is 62.0 Å². The molecule has 0 spiro atoms. The molecule has 1 aliphatic rings. The number of esters is 1. The quantitative estimate of drug-likeness (QED) is 0.615. The monoisotopic (exact) mass is 418 g/mol. The zero-order valence-electron chi connectivity index (χ0n) is 14.6. The number of nitrogens with one attached hydrogen (secondary N) is 1. The van der Waals surface area contributed by atoms with E-state index in [1.807, 2.05) is 0 Å². The molecule has 0 unspecified atom stereocenters. The maximum absolute atomic E-state index is 12.2. The van der Waals surface area contributed by atoms with Gasteiger partial charge in [0.25, 0.3) is 11.5 Å². The van der Waals surface area contributed by atoms with Crippen molar-refractivity contribution in [1.29, 1.82) is 0 Å². The normalized spacial score (nSPS) is 13.5. The summed E-state index contributed by atoms with van der Waals surface area (Å²) in [4.78, 5) is 40.8. The van der Waals surface area contributed by atoms with E-state index in [0.29, 0.717) is 27.2 Å². The average Bonchev–Trinajstić information content (AvgIpc) is 3.44. The molecule has 1 amide bonds. The molecule has 1 fully saturated rings. The summed E-state index contributed by atoms with van der Waals surface area (Å²) in [6.45, 7) is -0.451. The highest BCUT2D eigenvalue weighted by Gasteiger charge is 2.28. The molecule has 28 heavy (non-hydrogen) atoms. The number of aromatic nitrogens is 3. The summed E-state index contributed by atoms with van der Waals surface area (Å²) in [5, 5.41) is 8.18. The third-order valence-electron chi connectivity index (χ3n) is 4.12. The number of rotatable bonds is 6. The van der Waals surface area contributed by atoms with Gasteiger partial charge in [-0.1, -0.05) is 22.9 Å². The van der Waals surface area contributed by atoms with Gasteiger partial charge in [0.15, 0.2) is 0 Å². The zero-order chi connectivity index (χ0) is 19.7. The van der Waals surface area contributed by atoms with Crippen LogP contribution in [0.3, 0.4) is 0 Å². The molecular weight excluding hydrogens is 404 g/mol. The van der Waals surface area contributed by atoms with Gasteiger partial charge in [0.05, 0.1) is 5.69 Å². The molecule has 1 saturated carbocycles. The lowest BCUT2D eigenvalue weighted by atomic mass is 10.2. The van der Waals surface area contributed by atoms with Gasteiger partial charge in [0.2, 0.25) is 4.96 Å². The maximum Gasteiger partial charge on any atom is 0.325 e. The number of carbonyl (C=O) groups is 2. The lowest BCUT2D eigenvalue weighted by molar-refractivity contribution is -0.143. The van der Waals surface area contributed by atoms with E-state index >= 15 is 0 Å². The third-order valence-corrected chi connectivity index (χ3v) is 5.44. The summed E-state index contributed by atoms with van der Waals surface area (Å²) >= 11 is 7.15. The molecule has 2 aromatic heterocycles. The summed E-state index contributed by atoms with van der Waals surface area (Å²) in [7, 11) is 0. The molecule has 1 N–H and O–H groups in total. The Balaban J connectivity index is 1.33. The van der Waals surface area contributed by atoms with Crippen LogP contribution in [0.25, 0.3) is 4.96 Å². The van der Waals surface area contributed by atoms with Gasteiger partial charge < -0.3 is 10.1 Å². The van der Waals surface area contributed by atoms with E-state index in [9.17, 15) is 14.4 Å². The average molecular weight is 419 g/mol. The largest absolute Gasteiger partial charge is 0.458 e. The maximum atomic E-state index is 12.2. The first-order valence-electron chi connectivity index (χ1n) is 8.58. The molecule has 0 bridgehead atoms. The number of benzene rings is 1. The second-order valence-corrected chi connectivity index (χ2v) is 7.77. The van der Waals surface area contributed by atoms with Gasteiger partial charge in [-0.25, -0.2) is 4.98 Å². The fourth-order valence-corrected chi connectivity index (χ4v) is 3.72. The van der Waals surface area contributed by atoms with Crippen LogP contribution < -0.4 is 10.9 Å². The topological polar surface area (TPSA) is 103 Å². The minimum absolute atomic E-state index is 0.155. The Hall–Kier alpha value is -2.78. The van der Waals surface area contributed by atoms with Gasteiger partial charge in [-0.3, -0.25) is 14.4 Å². The van der Waals surface area contributed by atoms with Crippen molar-refractivity contribution >= 4 is 39.8 Å². The van der Waals surface area contributed by atoms with Gasteiger partial charge >= 0.3 is 5.97 Å². The summed E-state index contributed by atoms with van der Waals surface area (Å²) < 4.78 is 6.38. The second kappa shape index (κ2) is 7.69. The minimum atomic E-state index is -0.632. The highest BCUT2D eigenvalue weighted by Crippen LogP contribution is 2.41. The van der Waals surface area contributed by atoms with Crippen LogP contribution in [0.1, 0.15) is 39.8 Å². The Kier molecular flexibility index (Phi) is 5.10. The van der Waals surface area contributed by atoms with E-state index < -0.39 is 11.9 Å². The first-order valence-corrected chi connectivity index (χ1v) is 9.78. The molecule has 0 aliphatic heterocycles. The molecule has 0 radical (unpaired) electrons. The lowest BCUT2D eigenvalue weighted by Crippen LogP contribution is -2.30. The standard InChI is InChI=1S/C18H15ClN4O4S/c19-12-5-3-10(4-6-12)16(26)20-8-15(25)27-9-13-7-14(24)23-18(21-13)28-17(22-23)11-1-2-11/h3-7,11H,1-2,8-9H2,(H,20,26). The highest BCUT2D eigenvalue weighted by atomic mass is 35.5. The molecule has 0 atom stereocenters. The van der Waals surface area contributed by atoms with E-state index in [1.54, 1.807) is 24.3 Å². The number of fused-ring (bicyclic) bond motifs is 1. The number of nitrogens with zero attached hydrogens (tertiary/aromatic N) is 3. The molecule has 3 aromatic rings. The van der Waals surface area contributed by atoms with Crippen molar-refractivity contribution < 1.29 is 14.3 Å². The minimum Gasteiger partial charge on any atom is -0.458 e. The Morgan fingerprint density at radius 2 is 2.04 bits per heavy atom. The number of hydrogen-bond donors (Lipinski definition) is 1.